The Morgan fingerprint density at radius 2 is 1.77 bits per heavy atom. The van der Waals surface area contributed by atoms with Gasteiger partial charge in [-0.1, -0.05) is 24.8 Å². The van der Waals surface area contributed by atoms with Gasteiger partial charge in [0.1, 0.15) is 12.1 Å². The van der Waals surface area contributed by atoms with Gasteiger partial charge in [-0.05, 0) is 45.8 Å². The molecular formula is C16H21F3N2O. The van der Waals surface area contributed by atoms with Crippen LogP contribution in [0.1, 0.15) is 33.6 Å². The van der Waals surface area contributed by atoms with Gasteiger partial charge in [0.05, 0.1) is 0 Å². The maximum absolute atomic E-state index is 12.1. The molecule has 0 amide bonds. The Balaban J connectivity index is 4.34. The molecule has 0 saturated heterocycles. The van der Waals surface area contributed by atoms with Gasteiger partial charge < -0.3 is 4.74 Å². The summed E-state index contributed by atoms with van der Waals surface area (Å²) in [4.78, 5) is 8.03. The summed E-state index contributed by atoms with van der Waals surface area (Å²) >= 11 is 0. The number of halogens is 3. The van der Waals surface area contributed by atoms with E-state index in [4.69, 9.17) is 0 Å². The lowest BCUT2D eigenvalue weighted by molar-refractivity contribution is -0.303. The fraction of sp³-hybridized carbons (Fsp3) is 0.375. The number of ether oxygens (including phenoxy) is 1. The maximum Gasteiger partial charge on any atom is 0.573 e. The molecule has 6 heteroatoms. The van der Waals surface area contributed by atoms with Crippen LogP contribution in [0.15, 0.2) is 58.4 Å². The molecule has 0 aliphatic rings. The zero-order valence-electron chi connectivity index (χ0n) is 13.1. The summed E-state index contributed by atoms with van der Waals surface area (Å²) in [5, 5.41) is 0. The molecule has 3 nitrogen and oxygen atoms in total. The molecule has 0 rings (SSSR count). The van der Waals surface area contributed by atoms with Crippen molar-refractivity contribution < 1.29 is 17.9 Å². The quantitative estimate of drug-likeness (QED) is 0.257. The summed E-state index contributed by atoms with van der Waals surface area (Å²) in [6.07, 6.45) is 1.73. The van der Waals surface area contributed by atoms with Crippen LogP contribution < -0.4 is 0 Å². The van der Waals surface area contributed by atoms with E-state index in [2.05, 4.69) is 27.9 Å². The van der Waals surface area contributed by atoms with Gasteiger partial charge in [0, 0.05) is 11.4 Å². The Hall–Kier alpha value is -2.11. The molecule has 122 valence electrons. The van der Waals surface area contributed by atoms with Gasteiger partial charge >= 0.3 is 6.36 Å². The van der Waals surface area contributed by atoms with Crippen LogP contribution in [0.4, 0.5) is 13.2 Å². The summed E-state index contributed by atoms with van der Waals surface area (Å²) in [5.41, 5.74) is 2.15. The molecule has 0 radical (unpaired) electrons. The van der Waals surface area contributed by atoms with Gasteiger partial charge in [0.2, 0.25) is 0 Å². The second-order valence-corrected chi connectivity index (χ2v) is 4.62. The molecule has 0 saturated carbocycles. The normalized spacial score (nSPS) is 12.7. The largest absolute Gasteiger partial charge is 0.573 e. The van der Waals surface area contributed by atoms with Gasteiger partial charge in [-0.2, -0.15) is 0 Å². The average molecular weight is 314 g/mol. The van der Waals surface area contributed by atoms with Crippen LogP contribution in [0, 0.1) is 0 Å². The van der Waals surface area contributed by atoms with Crippen molar-refractivity contribution >= 4 is 12.1 Å². The minimum absolute atomic E-state index is 0.279. The first-order chi connectivity index (χ1) is 10.1. The number of hydrogen-bond acceptors (Lipinski definition) is 2. The molecule has 0 aromatic carbocycles. The Kier molecular flexibility index (Phi) is 8.82. The predicted molar refractivity (Wildman–Crippen MR) is 84.8 cm³/mol. The van der Waals surface area contributed by atoms with Gasteiger partial charge in [-0.15, -0.1) is 13.2 Å². The molecule has 0 aliphatic carbocycles. The minimum Gasteiger partial charge on any atom is -0.406 e. The summed E-state index contributed by atoms with van der Waals surface area (Å²) in [6, 6.07) is 0. The van der Waals surface area contributed by atoms with Crippen molar-refractivity contribution in [2.24, 2.45) is 9.98 Å². The third kappa shape index (κ3) is 11.7. The SMILES string of the molecule is C=C(/C=C\C(=C/C)OC(F)(F)F)CCC(=C)N=CN=C(C)C. The second kappa shape index (κ2) is 9.76. The van der Waals surface area contributed by atoms with Crippen molar-refractivity contribution in [1.29, 1.82) is 0 Å². The van der Waals surface area contributed by atoms with E-state index in [9.17, 15) is 13.2 Å². The van der Waals surface area contributed by atoms with E-state index >= 15 is 0 Å². The molecule has 0 atom stereocenters. The first-order valence-electron chi connectivity index (χ1n) is 6.63. The number of rotatable bonds is 8. The summed E-state index contributed by atoms with van der Waals surface area (Å²) in [7, 11) is 0. The van der Waals surface area contributed by atoms with Crippen molar-refractivity contribution in [3.05, 3.63) is 48.4 Å². The van der Waals surface area contributed by atoms with Gasteiger partial charge in [-0.25, -0.2) is 9.98 Å². The van der Waals surface area contributed by atoms with Crippen LogP contribution in [0.25, 0.3) is 0 Å². The van der Waals surface area contributed by atoms with Crippen LogP contribution in [0.5, 0.6) is 0 Å². The van der Waals surface area contributed by atoms with Crippen LogP contribution in [-0.2, 0) is 4.74 Å². The van der Waals surface area contributed by atoms with Gasteiger partial charge in [0.15, 0.2) is 0 Å². The van der Waals surface area contributed by atoms with E-state index < -0.39 is 6.36 Å². The van der Waals surface area contributed by atoms with E-state index in [1.807, 2.05) is 13.8 Å². The predicted octanol–water partition coefficient (Wildman–Crippen LogP) is 5.34. The zero-order valence-corrected chi connectivity index (χ0v) is 13.1. The number of hydrogen-bond donors (Lipinski definition) is 0. The fourth-order valence-corrected chi connectivity index (χ4v) is 1.20. The van der Waals surface area contributed by atoms with Crippen LogP contribution in [0.2, 0.25) is 0 Å². The molecule has 0 aromatic heterocycles. The summed E-state index contributed by atoms with van der Waals surface area (Å²) in [5.74, 6) is -0.279. The zero-order chi connectivity index (χ0) is 17.2. The third-order valence-electron chi connectivity index (χ3n) is 2.29. The number of nitrogens with zero attached hydrogens (tertiary/aromatic N) is 2. The summed E-state index contributed by atoms with van der Waals surface area (Å²) in [6.45, 7) is 12.7. The minimum atomic E-state index is -4.70. The van der Waals surface area contributed by atoms with Crippen LogP contribution in [-0.4, -0.2) is 18.4 Å². The van der Waals surface area contributed by atoms with Crippen molar-refractivity contribution in [1.82, 2.24) is 0 Å². The van der Waals surface area contributed by atoms with Gasteiger partial charge in [0.25, 0.3) is 0 Å². The standard InChI is InChI=1S/C16H21F3N2O/c1-6-15(22-16(17,18)19)10-8-13(4)7-9-14(5)21-11-20-12(2)3/h6,8,10-11H,4-5,7,9H2,1-3H3/b10-8-,15-6+,21-11?. The highest BCUT2D eigenvalue weighted by atomic mass is 19.4. The lowest BCUT2D eigenvalue weighted by Gasteiger charge is -2.09. The molecule has 0 fully saturated rings. The molecule has 0 spiro atoms. The summed E-state index contributed by atoms with van der Waals surface area (Å²) < 4.78 is 40.1. The molecule has 0 aliphatic heterocycles. The van der Waals surface area contributed by atoms with Crippen molar-refractivity contribution in [2.45, 2.75) is 40.0 Å². The van der Waals surface area contributed by atoms with E-state index in [0.29, 0.717) is 24.1 Å². The monoisotopic (exact) mass is 314 g/mol. The van der Waals surface area contributed by atoms with E-state index in [1.165, 1.54) is 31.5 Å². The lowest BCUT2D eigenvalue weighted by Crippen LogP contribution is -2.11. The van der Waals surface area contributed by atoms with E-state index in [-0.39, 0.29) is 5.76 Å². The topological polar surface area (TPSA) is 34.0 Å². The maximum atomic E-state index is 12.1. The number of alkyl halides is 3. The van der Waals surface area contributed by atoms with Crippen molar-refractivity contribution in [3.8, 4) is 0 Å². The number of allylic oxidation sites excluding steroid dienone is 5. The highest BCUT2D eigenvalue weighted by Crippen LogP contribution is 2.22. The molecule has 22 heavy (non-hydrogen) atoms. The Morgan fingerprint density at radius 3 is 2.27 bits per heavy atom. The number of aliphatic imine (C=N–C) groups is 2. The van der Waals surface area contributed by atoms with Gasteiger partial charge in [-0.3, -0.25) is 0 Å². The molecule has 0 heterocycles. The molecule has 0 aromatic rings. The van der Waals surface area contributed by atoms with Crippen molar-refractivity contribution in [3.63, 3.8) is 0 Å². The van der Waals surface area contributed by atoms with Crippen molar-refractivity contribution in [2.75, 3.05) is 0 Å². The molecule has 0 unspecified atom stereocenters. The third-order valence-corrected chi connectivity index (χ3v) is 2.29. The van der Waals surface area contributed by atoms with Crippen LogP contribution in [0.3, 0.4) is 0 Å². The molecule has 0 N–H and O–H groups in total. The smallest absolute Gasteiger partial charge is 0.406 e. The first kappa shape index (κ1) is 19.9. The second-order valence-electron chi connectivity index (χ2n) is 4.62. The Bertz CT molecular complexity index is 508. The molecule has 0 bridgehead atoms. The van der Waals surface area contributed by atoms with E-state index in [1.54, 1.807) is 0 Å². The fourth-order valence-electron chi connectivity index (χ4n) is 1.20. The Morgan fingerprint density at radius 1 is 1.14 bits per heavy atom. The highest BCUT2D eigenvalue weighted by Gasteiger charge is 2.31. The first-order valence-corrected chi connectivity index (χ1v) is 6.63. The average Bonchev–Trinajstić information content (AvgIpc) is 2.39. The van der Waals surface area contributed by atoms with Crippen LogP contribution >= 0.6 is 0 Å². The Labute approximate surface area is 129 Å². The van der Waals surface area contributed by atoms with E-state index in [0.717, 1.165) is 5.71 Å². The molecular weight excluding hydrogens is 293 g/mol. The highest BCUT2D eigenvalue weighted by molar-refractivity contribution is 5.86. The lowest BCUT2D eigenvalue weighted by atomic mass is 10.1.